The molecular weight excluding hydrogens is 210 g/mol. The molecular formula is C15H17NO. The third-order valence-corrected chi connectivity index (χ3v) is 4.53. The quantitative estimate of drug-likeness (QED) is 0.667. The van der Waals surface area contributed by atoms with Gasteiger partial charge in [0.15, 0.2) is 0 Å². The van der Waals surface area contributed by atoms with Crippen molar-refractivity contribution in [3.8, 4) is 0 Å². The number of aromatic nitrogens is 1. The molecule has 0 saturated heterocycles. The van der Waals surface area contributed by atoms with Gasteiger partial charge >= 0.3 is 0 Å². The van der Waals surface area contributed by atoms with Crippen molar-refractivity contribution >= 4 is 11.5 Å². The van der Waals surface area contributed by atoms with Crippen LogP contribution in [0.25, 0.3) is 5.57 Å². The van der Waals surface area contributed by atoms with Crippen molar-refractivity contribution in [2.24, 2.45) is 0 Å². The second-order valence-electron chi connectivity index (χ2n) is 5.48. The van der Waals surface area contributed by atoms with Crippen molar-refractivity contribution in [1.82, 2.24) is 4.57 Å². The molecule has 17 heavy (non-hydrogen) atoms. The number of nitrogens with zero attached hydrogens (tertiary/aromatic N) is 1. The zero-order chi connectivity index (χ0) is 11.4. The van der Waals surface area contributed by atoms with Gasteiger partial charge in [-0.3, -0.25) is 9.36 Å². The summed E-state index contributed by atoms with van der Waals surface area (Å²) in [4.78, 5) is 12.2. The van der Waals surface area contributed by atoms with Crippen LogP contribution in [-0.2, 0) is 19.3 Å². The molecule has 1 aromatic heterocycles. The lowest BCUT2D eigenvalue weighted by Crippen LogP contribution is -2.21. The Hall–Kier alpha value is -1.31. The second kappa shape index (κ2) is 3.34. The van der Waals surface area contributed by atoms with Crippen molar-refractivity contribution < 1.29 is 4.79 Å². The number of hydrogen-bond donors (Lipinski definition) is 0. The van der Waals surface area contributed by atoms with Gasteiger partial charge in [-0.2, -0.15) is 0 Å². The van der Waals surface area contributed by atoms with Crippen LogP contribution < -0.4 is 0 Å². The summed E-state index contributed by atoms with van der Waals surface area (Å²) in [6, 6.07) is 0. The predicted octanol–water partition coefficient (Wildman–Crippen LogP) is 3.13. The van der Waals surface area contributed by atoms with Crippen LogP contribution in [0.15, 0.2) is 6.08 Å². The molecule has 0 spiro atoms. The van der Waals surface area contributed by atoms with Crippen molar-refractivity contribution in [2.45, 2.75) is 51.4 Å². The molecule has 2 aliphatic carbocycles. The van der Waals surface area contributed by atoms with Crippen molar-refractivity contribution in [3.63, 3.8) is 0 Å². The number of allylic oxidation sites excluding steroid dienone is 2. The van der Waals surface area contributed by atoms with Gasteiger partial charge < -0.3 is 0 Å². The summed E-state index contributed by atoms with van der Waals surface area (Å²) in [5.41, 5.74) is 7.16. The summed E-state index contributed by atoms with van der Waals surface area (Å²) in [7, 11) is 0. The van der Waals surface area contributed by atoms with E-state index in [0.717, 1.165) is 6.42 Å². The SMILES string of the molecule is O=C1CC=C2CCCc3c4c(n1c32)CCCC4. The Bertz CT molecular complexity index is 548. The number of hydrogen-bond acceptors (Lipinski definition) is 1. The topological polar surface area (TPSA) is 22.0 Å². The van der Waals surface area contributed by atoms with E-state index in [9.17, 15) is 4.79 Å². The van der Waals surface area contributed by atoms with Crippen LogP contribution >= 0.6 is 0 Å². The Morgan fingerprint density at radius 3 is 2.71 bits per heavy atom. The Kier molecular flexibility index (Phi) is 1.91. The van der Waals surface area contributed by atoms with E-state index >= 15 is 0 Å². The van der Waals surface area contributed by atoms with E-state index in [0.29, 0.717) is 12.3 Å². The maximum Gasteiger partial charge on any atom is 0.235 e. The predicted molar refractivity (Wildman–Crippen MR) is 67.2 cm³/mol. The minimum atomic E-state index is 0.301. The minimum absolute atomic E-state index is 0.301. The molecule has 2 heterocycles. The monoisotopic (exact) mass is 227 g/mol. The average Bonchev–Trinajstić information content (AvgIpc) is 2.71. The normalized spacial score (nSPS) is 21.9. The molecule has 2 nitrogen and oxygen atoms in total. The summed E-state index contributed by atoms with van der Waals surface area (Å²) in [5.74, 6) is 0.301. The molecule has 2 heteroatoms. The highest BCUT2D eigenvalue weighted by Crippen LogP contribution is 2.41. The molecule has 88 valence electrons. The minimum Gasteiger partial charge on any atom is -0.284 e. The van der Waals surface area contributed by atoms with E-state index < -0.39 is 0 Å². The van der Waals surface area contributed by atoms with E-state index in [-0.39, 0.29) is 0 Å². The molecule has 0 bridgehead atoms. The molecule has 3 aliphatic rings. The van der Waals surface area contributed by atoms with Crippen molar-refractivity contribution in [1.29, 1.82) is 0 Å². The fourth-order valence-corrected chi connectivity index (χ4v) is 3.83. The molecule has 4 rings (SSSR count). The van der Waals surface area contributed by atoms with Gasteiger partial charge in [0.1, 0.15) is 0 Å². The fraction of sp³-hybridized carbons (Fsp3) is 0.533. The van der Waals surface area contributed by atoms with Crippen LogP contribution in [0.3, 0.4) is 0 Å². The van der Waals surface area contributed by atoms with E-state index in [1.165, 1.54) is 66.6 Å². The molecule has 0 radical (unpaired) electrons. The summed E-state index contributed by atoms with van der Waals surface area (Å²) in [6.07, 6.45) is 11.3. The highest BCUT2D eigenvalue weighted by Gasteiger charge is 2.32. The standard InChI is InChI=1S/C15H17NO/c17-14-9-8-10-4-3-6-12-11-5-1-2-7-13(11)16(14)15(10)12/h8H,1-7,9H2. The summed E-state index contributed by atoms with van der Waals surface area (Å²) in [5, 5.41) is 0. The lowest BCUT2D eigenvalue weighted by atomic mass is 9.86. The lowest BCUT2D eigenvalue weighted by Gasteiger charge is -2.22. The molecule has 0 fully saturated rings. The van der Waals surface area contributed by atoms with Gasteiger partial charge in [0.2, 0.25) is 5.91 Å². The van der Waals surface area contributed by atoms with Crippen molar-refractivity contribution in [2.75, 3.05) is 0 Å². The largest absolute Gasteiger partial charge is 0.284 e. The average molecular weight is 227 g/mol. The molecule has 1 aromatic rings. The molecule has 1 aliphatic heterocycles. The van der Waals surface area contributed by atoms with Gasteiger partial charge in [-0.05, 0) is 61.6 Å². The number of fused-ring (bicyclic) bond motifs is 3. The van der Waals surface area contributed by atoms with Gasteiger partial charge in [-0.1, -0.05) is 6.08 Å². The summed E-state index contributed by atoms with van der Waals surface area (Å²) >= 11 is 0. The molecule has 0 saturated carbocycles. The first-order chi connectivity index (χ1) is 8.36. The maximum atomic E-state index is 12.2. The van der Waals surface area contributed by atoms with Crippen LogP contribution in [0, 0.1) is 0 Å². The Balaban J connectivity index is 2.06. The van der Waals surface area contributed by atoms with E-state index in [1.54, 1.807) is 0 Å². The maximum absolute atomic E-state index is 12.2. The van der Waals surface area contributed by atoms with Gasteiger partial charge in [-0.25, -0.2) is 0 Å². The third-order valence-electron chi connectivity index (χ3n) is 4.53. The molecule has 0 N–H and O–H groups in total. The number of carbonyl (C=O) groups is 1. The van der Waals surface area contributed by atoms with Crippen LogP contribution in [0.5, 0.6) is 0 Å². The van der Waals surface area contributed by atoms with Crippen LogP contribution in [0.2, 0.25) is 0 Å². The highest BCUT2D eigenvalue weighted by atomic mass is 16.2. The first kappa shape index (κ1) is 9.69. The van der Waals surface area contributed by atoms with Crippen LogP contribution in [0.4, 0.5) is 0 Å². The van der Waals surface area contributed by atoms with Gasteiger partial charge in [-0.15, -0.1) is 0 Å². The molecule has 0 aromatic carbocycles. The van der Waals surface area contributed by atoms with Gasteiger partial charge in [0.25, 0.3) is 0 Å². The van der Waals surface area contributed by atoms with Gasteiger partial charge in [0.05, 0.1) is 5.69 Å². The number of carbonyl (C=O) groups excluding carboxylic acids is 1. The third kappa shape index (κ3) is 1.18. The number of rotatable bonds is 0. The summed E-state index contributed by atoms with van der Waals surface area (Å²) in [6.45, 7) is 0. The van der Waals surface area contributed by atoms with E-state index in [1.807, 2.05) is 0 Å². The first-order valence-corrected chi connectivity index (χ1v) is 6.84. The Morgan fingerprint density at radius 1 is 0.941 bits per heavy atom. The smallest absolute Gasteiger partial charge is 0.235 e. The zero-order valence-corrected chi connectivity index (χ0v) is 10.1. The fourth-order valence-electron chi connectivity index (χ4n) is 3.83. The van der Waals surface area contributed by atoms with E-state index in [4.69, 9.17) is 0 Å². The van der Waals surface area contributed by atoms with Crippen molar-refractivity contribution in [3.05, 3.63) is 28.6 Å². The highest BCUT2D eigenvalue weighted by molar-refractivity contribution is 5.92. The zero-order valence-electron chi connectivity index (χ0n) is 10.1. The Morgan fingerprint density at radius 2 is 1.76 bits per heavy atom. The lowest BCUT2D eigenvalue weighted by molar-refractivity contribution is 0.0909. The van der Waals surface area contributed by atoms with Crippen LogP contribution in [0.1, 0.15) is 59.4 Å². The van der Waals surface area contributed by atoms with Gasteiger partial charge in [0, 0.05) is 12.1 Å². The first-order valence-electron chi connectivity index (χ1n) is 6.84. The Labute approximate surface area is 101 Å². The van der Waals surface area contributed by atoms with Crippen LogP contribution in [-0.4, -0.2) is 10.5 Å². The molecule has 0 unspecified atom stereocenters. The van der Waals surface area contributed by atoms with E-state index in [2.05, 4.69) is 10.6 Å². The second-order valence-corrected chi connectivity index (χ2v) is 5.48. The molecule has 0 atom stereocenters. The molecule has 0 amide bonds. The summed E-state index contributed by atoms with van der Waals surface area (Å²) < 4.78 is 2.08.